The Kier molecular flexibility index (Phi) is 5.86. The lowest BCUT2D eigenvalue weighted by Gasteiger charge is -2.48. The number of β-lactam (4-membered cyclic amide) rings is 1. The van der Waals surface area contributed by atoms with Crippen LogP contribution >= 0.6 is 11.8 Å². The molecule has 8 heteroatoms. The smallest absolute Gasteiger partial charge is 0.356 e. The summed E-state index contributed by atoms with van der Waals surface area (Å²) in [6, 6.07) is 8.92. The van der Waals surface area contributed by atoms with Crippen LogP contribution in [0.4, 0.5) is 0 Å². The Morgan fingerprint density at radius 2 is 2.00 bits per heavy atom. The minimum Gasteiger partial charge on any atom is -0.456 e. The lowest BCUT2D eigenvalue weighted by molar-refractivity contribution is -0.170. The first-order chi connectivity index (χ1) is 13.6. The van der Waals surface area contributed by atoms with Gasteiger partial charge >= 0.3 is 5.97 Å². The van der Waals surface area contributed by atoms with Crippen molar-refractivity contribution in [3.05, 3.63) is 58.1 Å². The number of rotatable bonds is 7. The Balaban J connectivity index is 1.82. The van der Waals surface area contributed by atoms with Gasteiger partial charge in [-0.15, -0.1) is 0 Å². The van der Waals surface area contributed by atoms with Crippen LogP contribution in [0.2, 0.25) is 0 Å². The summed E-state index contributed by atoms with van der Waals surface area (Å²) in [5.41, 5.74) is -0.211. The molecule has 1 aromatic carbocycles. The lowest BCUT2D eigenvalue weighted by Crippen LogP contribution is -2.65. The number of thioether (sulfide) groups is 1. The van der Waals surface area contributed by atoms with E-state index in [1.165, 1.54) is 11.8 Å². The molecule has 0 aromatic heterocycles. The first-order valence-corrected chi connectivity index (χ1v) is 10.0. The highest BCUT2D eigenvalue weighted by molar-refractivity contribution is 8.06. The average Bonchev–Trinajstić information content (AvgIpc) is 2.92. The number of hydrogen-bond donors (Lipinski definition) is 2. The number of ether oxygens (including phenoxy) is 1. The molecule has 2 aliphatic rings. The van der Waals surface area contributed by atoms with Crippen molar-refractivity contribution in [2.24, 2.45) is 5.92 Å². The van der Waals surface area contributed by atoms with Crippen molar-refractivity contribution in [2.45, 2.75) is 45.4 Å². The van der Waals surface area contributed by atoms with Crippen molar-refractivity contribution >= 4 is 29.5 Å². The van der Waals surface area contributed by atoms with Gasteiger partial charge in [0.2, 0.25) is 11.8 Å². The Hall–Kier alpha value is -2.58. The van der Waals surface area contributed by atoms with Crippen LogP contribution in [0.1, 0.15) is 32.8 Å². The Morgan fingerprint density at radius 3 is 2.59 bits per heavy atom. The van der Waals surface area contributed by atoms with E-state index in [9.17, 15) is 19.5 Å². The highest BCUT2D eigenvalue weighted by Gasteiger charge is 2.60. The van der Waals surface area contributed by atoms with Crippen molar-refractivity contribution in [3.8, 4) is 0 Å². The molecule has 2 N–H and O–H groups in total. The molecule has 1 aromatic rings. The second-order valence-electron chi connectivity index (χ2n) is 7.65. The molecule has 2 aliphatic heterocycles. The first-order valence-electron chi connectivity index (χ1n) is 9.23. The molecule has 3 rings (SSSR count). The number of esters is 1. The Bertz CT molecular complexity index is 888. The number of aliphatic hydroxyl groups is 1. The van der Waals surface area contributed by atoms with Crippen molar-refractivity contribution in [1.29, 1.82) is 0 Å². The van der Waals surface area contributed by atoms with E-state index in [1.807, 2.05) is 30.3 Å². The second-order valence-corrected chi connectivity index (χ2v) is 8.84. The van der Waals surface area contributed by atoms with Crippen molar-refractivity contribution in [2.75, 3.05) is 0 Å². The molecule has 0 radical (unpaired) electrons. The summed E-state index contributed by atoms with van der Waals surface area (Å²) in [6.07, 6.45) is 0.388. The largest absolute Gasteiger partial charge is 0.456 e. The second kappa shape index (κ2) is 8.04. The number of fused-ring (bicyclic) bond motifs is 1. The van der Waals surface area contributed by atoms with Gasteiger partial charge in [-0.1, -0.05) is 48.7 Å². The normalized spacial score (nSPS) is 20.8. The van der Waals surface area contributed by atoms with Crippen molar-refractivity contribution in [1.82, 2.24) is 10.2 Å². The van der Waals surface area contributed by atoms with Crippen LogP contribution in [0.15, 0.2) is 52.5 Å². The van der Waals surface area contributed by atoms with Crippen molar-refractivity contribution < 1.29 is 24.2 Å². The molecular weight excluding hydrogens is 392 g/mol. The van der Waals surface area contributed by atoms with Gasteiger partial charge in [-0.2, -0.15) is 0 Å². The van der Waals surface area contributed by atoms with Crippen LogP contribution in [0, 0.1) is 5.92 Å². The van der Waals surface area contributed by atoms with Crippen molar-refractivity contribution in [3.63, 3.8) is 0 Å². The highest BCUT2D eigenvalue weighted by atomic mass is 32.2. The summed E-state index contributed by atoms with van der Waals surface area (Å²) in [6.45, 7) is 8.41. The van der Waals surface area contributed by atoms with E-state index >= 15 is 0 Å². The van der Waals surface area contributed by atoms with E-state index in [2.05, 4.69) is 11.9 Å². The van der Waals surface area contributed by atoms with E-state index in [1.54, 1.807) is 13.8 Å². The Morgan fingerprint density at radius 1 is 1.34 bits per heavy atom. The molecule has 7 nitrogen and oxygen atoms in total. The zero-order valence-corrected chi connectivity index (χ0v) is 17.4. The zero-order valence-electron chi connectivity index (χ0n) is 16.6. The van der Waals surface area contributed by atoms with E-state index in [-0.39, 0.29) is 30.2 Å². The SMILES string of the molecule is C=C(NC(C)=O)SC1=C(C(=O)OCc2ccccc2)N2C(=O)C(C(C)(C)O)C2C1. The molecular formula is C21H24N2O5S. The molecule has 154 valence electrons. The van der Waals surface area contributed by atoms with Crippen LogP contribution in [0.5, 0.6) is 0 Å². The number of nitrogens with one attached hydrogen (secondary N) is 1. The highest BCUT2D eigenvalue weighted by Crippen LogP contribution is 2.50. The predicted octanol–water partition coefficient (Wildman–Crippen LogP) is 2.28. The summed E-state index contributed by atoms with van der Waals surface area (Å²) in [5, 5.41) is 13.3. The minimum atomic E-state index is -1.20. The fourth-order valence-corrected chi connectivity index (χ4v) is 4.71. The van der Waals surface area contributed by atoms with Gasteiger partial charge in [0, 0.05) is 18.2 Å². The molecule has 0 bridgehead atoms. The van der Waals surface area contributed by atoms with Gasteiger partial charge < -0.3 is 20.1 Å². The maximum absolute atomic E-state index is 12.9. The monoisotopic (exact) mass is 416 g/mol. The quantitative estimate of drug-likeness (QED) is 0.523. The van der Waals surface area contributed by atoms with Crippen LogP contribution in [0.25, 0.3) is 0 Å². The summed E-state index contributed by atoms with van der Waals surface area (Å²) in [7, 11) is 0. The molecule has 2 amide bonds. The lowest BCUT2D eigenvalue weighted by atomic mass is 9.76. The minimum absolute atomic E-state index is 0.0788. The standard InChI is InChI=1S/C21H24N2O5S/c1-12(24)22-13(2)29-16-10-15-17(21(3,4)27)19(25)23(15)18(16)20(26)28-11-14-8-6-5-7-9-14/h5-9,15,17,27H,2,10-11H2,1,3-4H3,(H,22,24). The third-order valence-electron chi connectivity index (χ3n) is 4.85. The molecule has 0 saturated carbocycles. The molecule has 1 saturated heterocycles. The third kappa shape index (κ3) is 4.38. The zero-order chi connectivity index (χ0) is 21.3. The Labute approximate surface area is 173 Å². The summed E-state index contributed by atoms with van der Waals surface area (Å²) < 4.78 is 5.44. The van der Waals surface area contributed by atoms with Crippen LogP contribution in [-0.4, -0.2) is 39.4 Å². The number of nitrogens with zero attached hydrogens (tertiary/aromatic N) is 1. The third-order valence-corrected chi connectivity index (χ3v) is 5.80. The van der Waals surface area contributed by atoms with E-state index in [0.717, 1.165) is 17.3 Å². The summed E-state index contributed by atoms with van der Waals surface area (Å²) >= 11 is 1.13. The molecule has 0 aliphatic carbocycles. The maximum atomic E-state index is 12.9. The van der Waals surface area contributed by atoms with Crippen LogP contribution < -0.4 is 5.32 Å². The maximum Gasteiger partial charge on any atom is 0.356 e. The van der Waals surface area contributed by atoms with Crippen LogP contribution in [0.3, 0.4) is 0 Å². The van der Waals surface area contributed by atoms with Crippen LogP contribution in [-0.2, 0) is 25.7 Å². The molecule has 2 heterocycles. The topological polar surface area (TPSA) is 95.9 Å². The molecule has 1 fully saturated rings. The van der Waals surface area contributed by atoms with Gasteiger partial charge in [0.05, 0.1) is 22.6 Å². The molecule has 2 atom stereocenters. The fraction of sp³-hybridized carbons (Fsp3) is 0.381. The summed E-state index contributed by atoms with van der Waals surface area (Å²) in [5.74, 6) is -1.80. The molecule has 2 unspecified atom stereocenters. The number of carbonyl (C=O) groups excluding carboxylic acids is 3. The van der Waals surface area contributed by atoms with E-state index in [4.69, 9.17) is 4.74 Å². The van der Waals surface area contributed by atoms with Gasteiger partial charge in [0.15, 0.2) is 0 Å². The number of benzene rings is 1. The van der Waals surface area contributed by atoms with Gasteiger partial charge in [-0.05, 0) is 19.4 Å². The van der Waals surface area contributed by atoms with E-state index in [0.29, 0.717) is 16.4 Å². The first kappa shape index (κ1) is 21.1. The fourth-order valence-electron chi connectivity index (χ4n) is 3.69. The average molecular weight is 416 g/mol. The van der Waals surface area contributed by atoms with Gasteiger partial charge in [-0.3, -0.25) is 9.59 Å². The molecule has 29 heavy (non-hydrogen) atoms. The number of carbonyl (C=O) groups is 3. The molecule has 0 spiro atoms. The predicted molar refractivity (Wildman–Crippen MR) is 109 cm³/mol. The van der Waals surface area contributed by atoms with Gasteiger partial charge in [0.25, 0.3) is 0 Å². The van der Waals surface area contributed by atoms with Gasteiger partial charge in [0.1, 0.15) is 12.3 Å². The van der Waals surface area contributed by atoms with Gasteiger partial charge in [-0.25, -0.2) is 4.79 Å². The number of hydrogen-bond acceptors (Lipinski definition) is 6. The number of amides is 2. The van der Waals surface area contributed by atoms with E-state index < -0.39 is 17.5 Å². The summed E-state index contributed by atoms with van der Waals surface area (Å²) in [4.78, 5) is 38.8.